The minimum absolute atomic E-state index is 0.0197. The zero-order valence-corrected chi connectivity index (χ0v) is 14.3. The molecule has 0 spiro atoms. The van der Waals surface area contributed by atoms with Crippen LogP contribution in [0.4, 0.5) is 4.79 Å². The van der Waals surface area contributed by atoms with Gasteiger partial charge < -0.3 is 14.7 Å². The average Bonchev–Trinajstić information content (AvgIpc) is 2.37. The number of halogens is 1. The second-order valence-electron chi connectivity index (χ2n) is 6.23. The van der Waals surface area contributed by atoms with Crippen molar-refractivity contribution in [2.75, 3.05) is 6.54 Å². The van der Waals surface area contributed by atoms with Crippen molar-refractivity contribution in [1.29, 1.82) is 0 Å². The fraction of sp³-hybridized carbons (Fsp3) is 0.562. The number of aliphatic hydroxyl groups is 1. The van der Waals surface area contributed by atoms with E-state index in [1.165, 1.54) is 0 Å². The molecule has 4 nitrogen and oxygen atoms in total. The van der Waals surface area contributed by atoms with E-state index in [9.17, 15) is 9.90 Å². The fourth-order valence-corrected chi connectivity index (χ4v) is 2.88. The van der Waals surface area contributed by atoms with Crippen molar-refractivity contribution in [2.24, 2.45) is 0 Å². The molecule has 1 aromatic carbocycles. The number of cyclic esters (lactones) is 1. The van der Waals surface area contributed by atoms with Gasteiger partial charge in [0.1, 0.15) is 6.10 Å². The summed E-state index contributed by atoms with van der Waals surface area (Å²) in [4.78, 5) is 13.9. The molecule has 0 aromatic heterocycles. The molecule has 2 unspecified atom stereocenters. The molecule has 1 N–H and O–H groups in total. The van der Waals surface area contributed by atoms with Crippen LogP contribution >= 0.6 is 15.9 Å². The van der Waals surface area contributed by atoms with Gasteiger partial charge in [0.15, 0.2) is 0 Å². The molecule has 2 atom stereocenters. The van der Waals surface area contributed by atoms with E-state index in [4.69, 9.17) is 4.74 Å². The summed E-state index contributed by atoms with van der Waals surface area (Å²) in [5.74, 6) is 0. The van der Waals surface area contributed by atoms with Crippen molar-refractivity contribution in [2.45, 2.75) is 51.4 Å². The normalized spacial score (nSPS) is 21.1. The van der Waals surface area contributed by atoms with Crippen LogP contribution in [0.3, 0.4) is 0 Å². The standard InChI is InChI=1S/C16H22BrNO3/c1-11(12-4-6-13(17)7-5-12)18-9-8-14(21-15(18)19)10-16(2,3)20/h4-7,11,14,20H,8-10H2,1-3H3. The SMILES string of the molecule is CC(c1ccc(Br)cc1)N1CCC(CC(C)(C)O)OC1=O. The van der Waals surface area contributed by atoms with Gasteiger partial charge in [0.25, 0.3) is 0 Å². The second-order valence-corrected chi connectivity index (χ2v) is 7.15. The largest absolute Gasteiger partial charge is 0.446 e. The number of rotatable bonds is 4. The molecule has 1 aliphatic heterocycles. The maximum absolute atomic E-state index is 12.2. The zero-order chi connectivity index (χ0) is 15.6. The third-order valence-electron chi connectivity index (χ3n) is 3.74. The number of hydrogen-bond donors (Lipinski definition) is 1. The molecule has 1 amide bonds. The Morgan fingerprint density at radius 1 is 1.43 bits per heavy atom. The quantitative estimate of drug-likeness (QED) is 0.891. The molecule has 0 bridgehead atoms. The molecular weight excluding hydrogens is 334 g/mol. The van der Waals surface area contributed by atoms with Crippen molar-refractivity contribution in [3.63, 3.8) is 0 Å². The van der Waals surface area contributed by atoms with Gasteiger partial charge in [-0.15, -0.1) is 0 Å². The van der Waals surface area contributed by atoms with Crippen molar-refractivity contribution >= 4 is 22.0 Å². The number of ether oxygens (including phenoxy) is 1. The van der Waals surface area contributed by atoms with Gasteiger partial charge in [-0.1, -0.05) is 28.1 Å². The first-order chi connectivity index (χ1) is 9.76. The molecule has 1 saturated heterocycles. The van der Waals surface area contributed by atoms with Crippen LogP contribution in [-0.2, 0) is 4.74 Å². The number of benzene rings is 1. The number of hydrogen-bond acceptors (Lipinski definition) is 3. The van der Waals surface area contributed by atoms with Crippen LogP contribution in [0.25, 0.3) is 0 Å². The minimum atomic E-state index is -0.815. The van der Waals surface area contributed by atoms with Crippen LogP contribution in [0, 0.1) is 0 Å². The molecule has 0 saturated carbocycles. The highest BCUT2D eigenvalue weighted by Crippen LogP contribution is 2.28. The van der Waals surface area contributed by atoms with Crippen molar-refractivity contribution in [3.05, 3.63) is 34.3 Å². The fourth-order valence-electron chi connectivity index (χ4n) is 2.62. The van der Waals surface area contributed by atoms with Crippen LogP contribution in [0.2, 0.25) is 0 Å². The summed E-state index contributed by atoms with van der Waals surface area (Å²) in [7, 11) is 0. The summed E-state index contributed by atoms with van der Waals surface area (Å²) in [6, 6.07) is 7.93. The van der Waals surface area contributed by atoms with Gasteiger partial charge in [-0.05, 0) is 38.5 Å². The molecule has 1 aliphatic rings. The van der Waals surface area contributed by atoms with Crippen LogP contribution in [0.1, 0.15) is 45.2 Å². The third-order valence-corrected chi connectivity index (χ3v) is 4.27. The summed E-state index contributed by atoms with van der Waals surface area (Å²) >= 11 is 3.41. The molecular formula is C16H22BrNO3. The van der Waals surface area contributed by atoms with Crippen LogP contribution in [0.5, 0.6) is 0 Å². The Hall–Kier alpha value is -1.07. The first-order valence-corrected chi connectivity index (χ1v) is 8.01. The Kier molecular flexibility index (Phi) is 4.94. The van der Waals surface area contributed by atoms with Gasteiger partial charge in [-0.3, -0.25) is 0 Å². The Morgan fingerprint density at radius 2 is 2.05 bits per heavy atom. The predicted molar refractivity (Wildman–Crippen MR) is 85.1 cm³/mol. The lowest BCUT2D eigenvalue weighted by Gasteiger charge is -2.37. The number of carbonyl (C=O) groups is 1. The van der Waals surface area contributed by atoms with Crippen LogP contribution < -0.4 is 0 Å². The molecule has 116 valence electrons. The highest BCUT2D eigenvalue weighted by atomic mass is 79.9. The average molecular weight is 356 g/mol. The van der Waals surface area contributed by atoms with Crippen LogP contribution in [0.15, 0.2) is 28.7 Å². The van der Waals surface area contributed by atoms with Gasteiger partial charge in [-0.2, -0.15) is 0 Å². The van der Waals surface area contributed by atoms with Gasteiger partial charge in [0.05, 0.1) is 11.6 Å². The molecule has 5 heteroatoms. The molecule has 0 aliphatic carbocycles. The van der Waals surface area contributed by atoms with Crippen molar-refractivity contribution in [1.82, 2.24) is 4.90 Å². The lowest BCUT2D eigenvalue weighted by molar-refractivity contribution is -0.0309. The van der Waals surface area contributed by atoms with E-state index in [1.807, 2.05) is 31.2 Å². The zero-order valence-electron chi connectivity index (χ0n) is 12.7. The summed E-state index contributed by atoms with van der Waals surface area (Å²) in [6.07, 6.45) is 0.715. The summed E-state index contributed by atoms with van der Waals surface area (Å²) in [5.41, 5.74) is 0.265. The molecule has 21 heavy (non-hydrogen) atoms. The Balaban J connectivity index is 2.00. The van der Waals surface area contributed by atoms with Gasteiger partial charge in [-0.25, -0.2) is 4.79 Å². The highest BCUT2D eigenvalue weighted by Gasteiger charge is 2.33. The second kappa shape index (κ2) is 6.36. The number of nitrogens with zero attached hydrogens (tertiary/aromatic N) is 1. The third kappa shape index (κ3) is 4.45. The first-order valence-electron chi connectivity index (χ1n) is 7.21. The maximum Gasteiger partial charge on any atom is 0.410 e. The minimum Gasteiger partial charge on any atom is -0.446 e. The summed E-state index contributed by atoms with van der Waals surface area (Å²) in [6.45, 7) is 6.12. The Bertz CT molecular complexity index is 495. The van der Waals surface area contributed by atoms with E-state index in [0.717, 1.165) is 16.5 Å². The summed E-state index contributed by atoms with van der Waals surface area (Å²) < 4.78 is 6.48. The lowest BCUT2D eigenvalue weighted by atomic mass is 9.97. The lowest BCUT2D eigenvalue weighted by Crippen LogP contribution is -2.45. The summed E-state index contributed by atoms with van der Waals surface area (Å²) in [5, 5.41) is 9.83. The van der Waals surface area contributed by atoms with E-state index in [0.29, 0.717) is 13.0 Å². The number of carbonyl (C=O) groups excluding carboxylic acids is 1. The molecule has 1 heterocycles. The Labute approximate surface area is 134 Å². The molecule has 2 rings (SSSR count). The molecule has 1 fully saturated rings. The molecule has 0 radical (unpaired) electrons. The van der Waals surface area contributed by atoms with E-state index in [2.05, 4.69) is 15.9 Å². The smallest absolute Gasteiger partial charge is 0.410 e. The topological polar surface area (TPSA) is 49.8 Å². The van der Waals surface area contributed by atoms with Crippen LogP contribution in [-0.4, -0.2) is 34.3 Å². The van der Waals surface area contributed by atoms with E-state index in [1.54, 1.807) is 18.7 Å². The number of amides is 1. The van der Waals surface area contributed by atoms with E-state index in [-0.39, 0.29) is 18.2 Å². The van der Waals surface area contributed by atoms with Gasteiger partial charge >= 0.3 is 6.09 Å². The first kappa shape index (κ1) is 16.3. The van der Waals surface area contributed by atoms with Crippen molar-refractivity contribution in [3.8, 4) is 0 Å². The van der Waals surface area contributed by atoms with E-state index >= 15 is 0 Å². The Morgan fingerprint density at radius 3 is 2.57 bits per heavy atom. The van der Waals surface area contributed by atoms with Crippen molar-refractivity contribution < 1.29 is 14.6 Å². The molecule has 1 aromatic rings. The van der Waals surface area contributed by atoms with E-state index < -0.39 is 5.60 Å². The van der Waals surface area contributed by atoms with Gasteiger partial charge in [0, 0.05) is 23.9 Å². The maximum atomic E-state index is 12.2. The highest BCUT2D eigenvalue weighted by molar-refractivity contribution is 9.10. The monoisotopic (exact) mass is 355 g/mol. The van der Waals surface area contributed by atoms with Gasteiger partial charge in [0.2, 0.25) is 0 Å². The predicted octanol–water partition coefficient (Wildman–Crippen LogP) is 3.88.